The summed E-state index contributed by atoms with van der Waals surface area (Å²) in [5, 5.41) is 3.19. The zero-order valence-electron chi connectivity index (χ0n) is 10.6. The highest BCUT2D eigenvalue weighted by molar-refractivity contribution is 7.17. The minimum atomic E-state index is -0.831. The third-order valence-electron chi connectivity index (χ3n) is 3.35. The third kappa shape index (κ3) is 2.44. The van der Waals surface area contributed by atoms with E-state index in [-0.39, 0.29) is 6.04 Å². The van der Waals surface area contributed by atoms with Crippen molar-refractivity contribution in [1.82, 2.24) is 0 Å². The van der Waals surface area contributed by atoms with Gasteiger partial charge in [0, 0.05) is 10.7 Å². The summed E-state index contributed by atoms with van der Waals surface area (Å²) in [5.74, 6) is -1.66. The Balaban J connectivity index is 1.90. The van der Waals surface area contributed by atoms with Gasteiger partial charge >= 0.3 is 0 Å². The summed E-state index contributed by atoms with van der Waals surface area (Å²) in [6, 6.07) is 11.7. The molecule has 1 atom stereocenters. The Labute approximate surface area is 119 Å². The van der Waals surface area contributed by atoms with Crippen molar-refractivity contribution in [2.45, 2.75) is 12.5 Å². The topological polar surface area (TPSA) is 26.0 Å². The van der Waals surface area contributed by atoms with Crippen molar-refractivity contribution in [2.75, 3.05) is 0 Å². The summed E-state index contributed by atoms with van der Waals surface area (Å²) in [6.07, 6.45) is 0.480. The number of fused-ring (bicyclic) bond motifs is 1. The number of halogens is 2. The van der Waals surface area contributed by atoms with Crippen molar-refractivity contribution in [3.63, 3.8) is 0 Å². The first kappa shape index (κ1) is 13.2. The van der Waals surface area contributed by atoms with Crippen LogP contribution in [-0.2, 0) is 6.42 Å². The average molecular weight is 289 g/mol. The Hall–Kier alpha value is -1.78. The van der Waals surface area contributed by atoms with Gasteiger partial charge in [0.2, 0.25) is 0 Å². The summed E-state index contributed by atoms with van der Waals surface area (Å²) >= 11 is 1.64. The van der Waals surface area contributed by atoms with Gasteiger partial charge in [-0.05, 0) is 46.5 Å². The van der Waals surface area contributed by atoms with E-state index in [1.807, 2.05) is 29.6 Å². The second kappa shape index (κ2) is 5.31. The fourth-order valence-electron chi connectivity index (χ4n) is 2.34. The molecule has 1 nitrogen and oxygen atoms in total. The molecule has 3 aromatic rings. The first-order chi connectivity index (χ1) is 9.65. The lowest BCUT2D eigenvalue weighted by atomic mass is 9.98. The second-order valence-electron chi connectivity index (χ2n) is 4.75. The Kier molecular flexibility index (Phi) is 3.51. The second-order valence-corrected chi connectivity index (χ2v) is 5.66. The van der Waals surface area contributed by atoms with Crippen LogP contribution in [0.25, 0.3) is 10.1 Å². The molecule has 0 aliphatic rings. The van der Waals surface area contributed by atoms with Crippen molar-refractivity contribution in [2.24, 2.45) is 5.73 Å². The summed E-state index contributed by atoms with van der Waals surface area (Å²) < 4.78 is 27.3. The summed E-state index contributed by atoms with van der Waals surface area (Å²) in [7, 11) is 0. The van der Waals surface area contributed by atoms with Crippen LogP contribution < -0.4 is 5.73 Å². The minimum Gasteiger partial charge on any atom is -0.324 e. The maximum atomic E-state index is 13.2. The molecule has 0 aliphatic heterocycles. The number of hydrogen-bond acceptors (Lipinski definition) is 2. The molecule has 2 aromatic carbocycles. The molecule has 1 aromatic heterocycles. The van der Waals surface area contributed by atoms with Gasteiger partial charge in [-0.25, -0.2) is 8.78 Å². The smallest absolute Gasteiger partial charge is 0.159 e. The number of thiophene rings is 1. The van der Waals surface area contributed by atoms with Crippen LogP contribution in [0.3, 0.4) is 0 Å². The molecule has 2 N–H and O–H groups in total. The molecule has 0 saturated carbocycles. The Morgan fingerprint density at radius 3 is 2.70 bits per heavy atom. The predicted molar refractivity (Wildman–Crippen MR) is 78.8 cm³/mol. The van der Waals surface area contributed by atoms with Gasteiger partial charge in [0.05, 0.1) is 0 Å². The summed E-state index contributed by atoms with van der Waals surface area (Å²) in [4.78, 5) is 0. The highest BCUT2D eigenvalue weighted by atomic mass is 32.1. The number of nitrogens with two attached hydrogens (primary N) is 1. The lowest BCUT2D eigenvalue weighted by molar-refractivity contribution is 0.506. The molecule has 0 bridgehead atoms. The standard InChI is InChI=1S/C16H13F2NS/c17-13-5-4-10(8-14(13)18)9-15(19)12-3-1-2-11-6-7-20-16(11)12/h1-8,15H,9,19H2. The molecule has 3 rings (SSSR count). The number of rotatable bonds is 3. The fraction of sp³-hybridized carbons (Fsp3) is 0.125. The fourth-order valence-corrected chi connectivity index (χ4v) is 3.32. The normalized spacial score (nSPS) is 12.8. The Bertz CT molecular complexity index is 751. The maximum absolute atomic E-state index is 13.2. The number of hydrogen-bond donors (Lipinski definition) is 1. The predicted octanol–water partition coefficient (Wildman–Crippen LogP) is 4.42. The van der Waals surface area contributed by atoms with E-state index in [9.17, 15) is 8.78 Å². The molecule has 0 fully saturated rings. The highest BCUT2D eigenvalue weighted by Gasteiger charge is 2.12. The van der Waals surface area contributed by atoms with Gasteiger partial charge in [-0.2, -0.15) is 0 Å². The van der Waals surface area contributed by atoms with E-state index in [0.717, 1.165) is 21.7 Å². The highest BCUT2D eigenvalue weighted by Crippen LogP contribution is 2.29. The van der Waals surface area contributed by atoms with Gasteiger partial charge in [0.15, 0.2) is 11.6 Å². The molecular formula is C16H13F2NS. The van der Waals surface area contributed by atoms with Crippen LogP contribution >= 0.6 is 11.3 Å². The van der Waals surface area contributed by atoms with Crippen LogP contribution in [-0.4, -0.2) is 0 Å². The van der Waals surface area contributed by atoms with E-state index in [4.69, 9.17) is 5.73 Å². The van der Waals surface area contributed by atoms with Gasteiger partial charge in [0.1, 0.15) is 0 Å². The van der Waals surface area contributed by atoms with Crippen LogP contribution in [0.4, 0.5) is 8.78 Å². The minimum absolute atomic E-state index is 0.234. The first-order valence-corrected chi connectivity index (χ1v) is 7.19. The third-order valence-corrected chi connectivity index (χ3v) is 4.33. The van der Waals surface area contributed by atoms with Gasteiger partial charge in [-0.1, -0.05) is 24.3 Å². The van der Waals surface area contributed by atoms with Gasteiger partial charge in [0.25, 0.3) is 0 Å². The largest absolute Gasteiger partial charge is 0.324 e. The van der Waals surface area contributed by atoms with Gasteiger partial charge in [-0.3, -0.25) is 0 Å². The zero-order chi connectivity index (χ0) is 14.1. The molecule has 0 spiro atoms. The number of benzene rings is 2. The van der Waals surface area contributed by atoms with Crippen LogP contribution in [0, 0.1) is 11.6 Å². The van der Waals surface area contributed by atoms with Crippen molar-refractivity contribution in [3.8, 4) is 0 Å². The molecule has 20 heavy (non-hydrogen) atoms. The lowest BCUT2D eigenvalue weighted by Gasteiger charge is -2.13. The first-order valence-electron chi connectivity index (χ1n) is 6.31. The molecule has 0 amide bonds. The Morgan fingerprint density at radius 2 is 1.90 bits per heavy atom. The molecule has 0 saturated heterocycles. The molecule has 0 aliphatic carbocycles. The van der Waals surface area contributed by atoms with Crippen LogP contribution in [0.5, 0.6) is 0 Å². The summed E-state index contributed by atoms with van der Waals surface area (Å²) in [5.41, 5.74) is 7.97. The SMILES string of the molecule is NC(Cc1ccc(F)c(F)c1)c1cccc2ccsc12. The molecule has 4 heteroatoms. The monoisotopic (exact) mass is 289 g/mol. The van der Waals surface area contributed by atoms with Crippen LogP contribution in [0.1, 0.15) is 17.2 Å². The van der Waals surface area contributed by atoms with Gasteiger partial charge in [-0.15, -0.1) is 11.3 Å². The molecule has 1 unspecified atom stereocenters. The summed E-state index contributed by atoms with van der Waals surface area (Å²) in [6.45, 7) is 0. The van der Waals surface area contributed by atoms with E-state index < -0.39 is 11.6 Å². The van der Waals surface area contributed by atoms with Crippen molar-refractivity contribution < 1.29 is 8.78 Å². The van der Waals surface area contributed by atoms with E-state index in [1.54, 1.807) is 17.4 Å². The molecule has 1 heterocycles. The average Bonchev–Trinajstić information content (AvgIpc) is 2.91. The van der Waals surface area contributed by atoms with E-state index >= 15 is 0 Å². The van der Waals surface area contributed by atoms with E-state index in [0.29, 0.717) is 12.0 Å². The van der Waals surface area contributed by atoms with Crippen molar-refractivity contribution >= 4 is 21.4 Å². The van der Waals surface area contributed by atoms with E-state index in [1.165, 1.54) is 6.07 Å². The van der Waals surface area contributed by atoms with Crippen LogP contribution in [0.2, 0.25) is 0 Å². The molecule has 102 valence electrons. The van der Waals surface area contributed by atoms with Crippen molar-refractivity contribution in [1.29, 1.82) is 0 Å². The lowest BCUT2D eigenvalue weighted by Crippen LogP contribution is -2.13. The van der Waals surface area contributed by atoms with Crippen molar-refractivity contribution in [3.05, 3.63) is 70.6 Å². The van der Waals surface area contributed by atoms with E-state index in [2.05, 4.69) is 0 Å². The van der Waals surface area contributed by atoms with Gasteiger partial charge < -0.3 is 5.73 Å². The quantitative estimate of drug-likeness (QED) is 0.758. The Morgan fingerprint density at radius 1 is 1.05 bits per heavy atom. The zero-order valence-corrected chi connectivity index (χ0v) is 11.5. The molecule has 0 radical (unpaired) electrons. The van der Waals surface area contributed by atoms with Crippen LogP contribution in [0.15, 0.2) is 47.8 Å². The molecular weight excluding hydrogens is 276 g/mol. The maximum Gasteiger partial charge on any atom is 0.159 e.